The van der Waals surface area contributed by atoms with E-state index in [1.165, 1.54) is 17.5 Å². The minimum absolute atomic E-state index is 0.199. The summed E-state index contributed by atoms with van der Waals surface area (Å²) in [5.74, 6) is 0.270. The molecule has 0 radical (unpaired) electrons. The van der Waals surface area contributed by atoms with Gasteiger partial charge in [0, 0.05) is 19.5 Å². The molecule has 0 aromatic carbocycles. The summed E-state index contributed by atoms with van der Waals surface area (Å²) in [4.78, 5) is 0.199. The van der Waals surface area contributed by atoms with Gasteiger partial charge in [0.2, 0.25) is 10.0 Å². The molecule has 0 fully saturated rings. The topological polar surface area (TPSA) is 66.1 Å². The van der Waals surface area contributed by atoms with Crippen molar-refractivity contribution >= 4 is 21.6 Å². The standard InChI is InChI=1S/C7H12ClN3O2S/c1-6-7(5-9-10-6)14(12,13)11(2)4-3-8/h5H,3-4H2,1-2H3,(H,9,10). The molecule has 0 saturated heterocycles. The molecule has 0 aliphatic carbocycles. The van der Waals surface area contributed by atoms with Gasteiger partial charge in [-0.1, -0.05) is 0 Å². The lowest BCUT2D eigenvalue weighted by Gasteiger charge is -2.14. The maximum atomic E-state index is 11.8. The van der Waals surface area contributed by atoms with Crippen molar-refractivity contribution in [2.75, 3.05) is 19.5 Å². The molecule has 0 amide bonds. The molecule has 1 heterocycles. The van der Waals surface area contributed by atoms with Crippen molar-refractivity contribution in [2.45, 2.75) is 11.8 Å². The van der Waals surface area contributed by atoms with E-state index < -0.39 is 10.0 Å². The van der Waals surface area contributed by atoms with Crippen molar-refractivity contribution < 1.29 is 8.42 Å². The number of halogens is 1. The van der Waals surface area contributed by atoms with E-state index in [1.807, 2.05) is 0 Å². The fourth-order valence-electron chi connectivity index (χ4n) is 1.01. The molecule has 0 spiro atoms. The van der Waals surface area contributed by atoms with E-state index in [0.717, 1.165) is 0 Å². The molecule has 80 valence electrons. The van der Waals surface area contributed by atoms with Crippen LogP contribution in [0.2, 0.25) is 0 Å². The first-order chi connectivity index (χ1) is 6.50. The minimum atomic E-state index is -3.43. The predicted octanol–water partition coefficient (Wildman–Crippen LogP) is 0.577. The van der Waals surface area contributed by atoms with Gasteiger partial charge in [0.1, 0.15) is 4.90 Å². The number of sulfonamides is 1. The molecular formula is C7H12ClN3O2S. The van der Waals surface area contributed by atoms with E-state index >= 15 is 0 Å². The van der Waals surface area contributed by atoms with Crippen LogP contribution in [0, 0.1) is 6.92 Å². The monoisotopic (exact) mass is 237 g/mol. The quantitative estimate of drug-likeness (QED) is 0.779. The van der Waals surface area contributed by atoms with Gasteiger partial charge in [-0.05, 0) is 6.92 Å². The first kappa shape index (κ1) is 11.5. The number of nitrogens with zero attached hydrogens (tertiary/aromatic N) is 2. The maximum Gasteiger partial charge on any atom is 0.246 e. The number of aromatic amines is 1. The number of hydrogen-bond acceptors (Lipinski definition) is 3. The zero-order chi connectivity index (χ0) is 10.8. The van der Waals surface area contributed by atoms with Crippen LogP contribution < -0.4 is 0 Å². The second kappa shape index (κ2) is 4.29. The van der Waals surface area contributed by atoms with E-state index in [9.17, 15) is 8.42 Å². The van der Waals surface area contributed by atoms with Crippen LogP contribution in [-0.2, 0) is 10.0 Å². The lowest BCUT2D eigenvalue weighted by molar-refractivity contribution is 0.487. The van der Waals surface area contributed by atoms with Gasteiger partial charge in [-0.2, -0.15) is 9.40 Å². The molecule has 0 atom stereocenters. The number of alkyl halides is 1. The van der Waals surface area contributed by atoms with Gasteiger partial charge in [-0.25, -0.2) is 8.42 Å². The van der Waals surface area contributed by atoms with Crippen molar-refractivity contribution in [3.05, 3.63) is 11.9 Å². The summed E-state index contributed by atoms with van der Waals surface area (Å²) < 4.78 is 24.8. The van der Waals surface area contributed by atoms with Gasteiger partial charge >= 0.3 is 0 Å². The molecule has 1 aromatic heterocycles. The van der Waals surface area contributed by atoms with Crippen molar-refractivity contribution in [3.8, 4) is 0 Å². The Hall–Kier alpha value is -0.590. The van der Waals surface area contributed by atoms with Crippen molar-refractivity contribution in [2.24, 2.45) is 0 Å². The Balaban J connectivity index is 3.03. The lowest BCUT2D eigenvalue weighted by atomic mass is 10.5. The van der Waals surface area contributed by atoms with Gasteiger partial charge in [0.15, 0.2) is 0 Å². The van der Waals surface area contributed by atoms with Crippen LogP contribution in [0.25, 0.3) is 0 Å². The summed E-state index contributed by atoms with van der Waals surface area (Å²) >= 11 is 5.47. The Labute approximate surface area is 88.1 Å². The molecule has 0 unspecified atom stereocenters. The van der Waals surface area contributed by atoms with Gasteiger partial charge < -0.3 is 0 Å². The normalized spacial score (nSPS) is 12.3. The second-order valence-electron chi connectivity index (χ2n) is 2.87. The Morgan fingerprint density at radius 1 is 1.64 bits per heavy atom. The molecule has 1 rings (SSSR count). The van der Waals surface area contributed by atoms with Gasteiger partial charge in [-0.3, -0.25) is 5.10 Å². The summed E-state index contributed by atoms with van der Waals surface area (Å²) in [6.07, 6.45) is 1.30. The first-order valence-corrected chi connectivity index (χ1v) is 6.00. The fourth-order valence-corrected chi connectivity index (χ4v) is 2.65. The summed E-state index contributed by atoms with van der Waals surface area (Å²) in [6.45, 7) is 1.95. The average Bonchev–Trinajstić information content (AvgIpc) is 2.52. The van der Waals surface area contributed by atoms with Gasteiger partial charge in [-0.15, -0.1) is 11.6 Å². The van der Waals surface area contributed by atoms with E-state index in [-0.39, 0.29) is 17.3 Å². The van der Waals surface area contributed by atoms with E-state index in [2.05, 4.69) is 10.2 Å². The van der Waals surface area contributed by atoms with Crippen LogP contribution in [0.3, 0.4) is 0 Å². The van der Waals surface area contributed by atoms with Gasteiger partial charge in [0.05, 0.1) is 11.9 Å². The van der Waals surface area contributed by atoms with Crippen LogP contribution >= 0.6 is 11.6 Å². The molecule has 1 aromatic rings. The molecule has 0 aliphatic heterocycles. The Bertz CT molecular complexity index is 401. The third kappa shape index (κ3) is 2.08. The molecule has 5 nitrogen and oxygen atoms in total. The highest BCUT2D eigenvalue weighted by molar-refractivity contribution is 7.89. The Kier molecular flexibility index (Phi) is 3.52. The van der Waals surface area contributed by atoms with Gasteiger partial charge in [0.25, 0.3) is 0 Å². The summed E-state index contributed by atoms with van der Waals surface area (Å²) in [7, 11) is -1.94. The number of aryl methyl sites for hydroxylation is 1. The van der Waals surface area contributed by atoms with Crippen molar-refractivity contribution in [3.63, 3.8) is 0 Å². The predicted molar refractivity (Wildman–Crippen MR) is 53.9 cm³/mol. The van der Waals surface area contributed by atoms with E-state index in [4.69, 9.17) is 11.6 Å². The summed E-state index contributed by atoms with van der Waals surface area (Å²) in [5, 5.41) is 6.25. The molecule has 14 heavy (non-hydrogen) atoms. The molecule has 7 heteroatoms. The Morgan fingerprint density at radius 3 is 2.71 bits per heavy atom. The van der Waals surface area contributed by atoms with Crippen LogP contribution in [0.5, 0.6) is 0 Å². The SMILES string of the molecule is Cc1[nH]ncc1S(=O)(=O)N(C)CCCl. The third-order valence-electron chi connectivity index (χ3n) is 1.87. The molecule has 0 bridgehead atoms. The van der Waals surface area contributed by atoms with Crippen LogP contribution in [0.1, 0.15) is 5.69 Å². The number of nitrogens with one attached hydrogen (secondary N) is 1. The Morgan fingerprint density at radius 2 is 2.29 bits per heavy atom. The molecule has 1 N–H and O–H groups in total. The largest absolute Gasteiger partial charge is 0.281 e. The average molecular weight is 238 g/mol. The molecular weight excluding hydrogens is 226 g/mol. The lowest BCUT2D eigenvalue weighted by Crippen LogP contribution is -2.28. The van der Waals surface area contributed by atoms with E-state index in [0.29, 0.717) is 5.69 Å². The number of rotatable bonds is 4. The second-order valence-corrected chi connectivity index (χ2v) is 5.27. The number of aromatic nitrogens is 2. The zero-order valence-electron chi connectivity index (χ0n) is 7.99. The summed E-state index contributed by atoms with van der Waals surface area (Å²) in [5.41, 5.74) is 0.534. The summed E-state index contributed by atoms with van der Waals surface area (Å²) in [6, 6.07) is 0. The maximum absolute atomic E-state index is 11.8. The smallest absolute Gasteiger partial charge is 0.246 e. The third-order valence-corrected chi connectivity index (χ3v) is 4.01. The molecule has 0 aliphatic rings. The van der Waals surface area contributed by atoms with Crippen molar-refractivity contribution in [1.82, 2.24) is 14.5 Å². The van der Waals surface area contributed by atoms with E-state index in [1.54, 1.807) is 6.92 Å². The first-order valence-electron chi connectivity index (χ1n) is 4.02. The zero-order valence-corrected chi connectivity index (χ0v) is 9.56. The highest BCUT2D eigenvalue weighted by atomic mass is 35.5. The molecule has 0 saturated carbocycles. The highest BCUT2D eigenvalue weighted by Crippen LogP contribution is 2.15. The van der Waals surface area contributed by atoms with Crippen LogP contribution in [0.4, 0.5) is 0 Å². The van der Waals surface area contributed by atoms with Crippen LogP contribution in [0.15, 0.2) is 11.1 Å². The fraction of sp³-hybridized carbons (Fsp3) is 0.571. The van der Waals surface area contributed by atoms with Crippen molar-refractivity contribution in [1.29, 1.82) is 0 Å². The van der Waals surface area contributed by atoms with Crippen LogP contribution in [-0.4, -0.2) is 42.4 Å². The number of hydrogen-bond donors (Lipinski definition) is 1. The highest BCUT2D eigenvalue weighted by Gasteiger charge is 2.23. The number of H-pyrrole nitrogens is 1. The minimum Gasteiger partial charge on any atom is -0.281 e.